The van der Waals surface area contributed by atoms with Gasteiger partial charge in [-0.3, -0.25) is 4.99 Å². The number of aryl methyl sites for hydroxylation is 1. The van der Waals surface area contributed by atoms with Crippen molar-refractivity contribution in [2.45, 2.75) is 26.2 Å². The summed E-state index contributed by atoms with van der Waals surface area (Å²) in [7, 11) is 1.62. The van der Waals surface area contributed by atoms with Crippen molar-refractivity contribution < 1.29 is 22.3 Å². The first-order valence-corrected chi connectivity index (χ1v) is 9.57. The maximum Gasteiger partial charge on any atom is 0.422 e. The second-order valence-corrected chi connectivity index (χ2v) is 6.84. The van der Waals surface area contributed by atoms with Crippen LogP contribution in [-0.2, 0) is 13.1 Å². The quantitative estimate of drug-likeness (QED) is 0.426. The number of rotatable bonds is 7. The molecule has 6 nitrogen and oxygen atoms in total. The van der Waals surface area contributed by atoms with Crippen LogP contribution in [0.1, 0.15) is 16.8 Å². The molecule has 0 fully saturated rings. The zero-order valence-corrected chi connectivity index (χ0v) is 17.2. The van der Waals surface area contributed by atoms with Crippen molar-refractivity contribution in [1.29, 1.82) is 0 Å². The first-order valence-electron chi connectivity index (χ1n) is 9.57. The zero-order valence-electron chi connectivity index (χ0n) is 17.2. The van der Waals surface area contributed by atoms with E-state index in [1.165, 1.54) is 6.07 Å². The minimum atomic E-state index is -4.37. The second kappa shape index (κ2) is 10.0. The SMILES string of the molecule is CN=C(NCc1cccc(OCC(F)(F)F)c1)NCc1coc(-c2ccc(C)cc2)n1. The van der Waals surface area contributed by atoms with Gasteiger partial charge in [-0.15, -0.1) is 0 Å². The van der Waals surface area contributed by atoms with Crippen LogP contribution in [-0.4, -0.2) is 30.8 Å². The van der Waals surface area contributed by atoms with Crippen LogP contribution in [0.4, 0.5) is 13.2 Å². The van der Waals surface area contributed by atoms with Crippen molar-refractivity contribution in [1.82, 2.24) is 15.6 Å². The third-order valence-electron chi connectivity index (χ3n) is 4.27. The lowest BCUT2D eigenvalue weighted by Crippen LogP contribution is -2.36. The highest BCUT2D eigenvalue weighted by atomic mass is 19.4. The Hall–Kier alpha value is -3.49. The van der Waals surface area contributed by atoms with Gasteiger partial charge in [0.1, 0.15) is 12.0 Å². The largest absolute Gasteiger partial charge is 0.484 e. The molecule has 3 rings (SSSR count). The van der Waals surface area contributed by atoms with Crippen LogP contribution in [0.15, 0.2) is 64.2 Å². The minimum Gasteiger partial charge on any atom is -0.484 e. The van der Waals surface area contributed by atoms with E-state index in [0.717, 1.165) is 16.7 Å². The van der Waals surface area contributed by atoms with E-state index < -0.39 is 12.8 Å². The van der Waals surface area contributed by atoms with Gasteiger partial charge >= 0.3 is 6.18 Å². The van der Waals surface area contributed by atoms with E-state index in [9.17, 15) is 13.2 Å². The van der Waals surface area contributed by atoms with Gasteiger partial charge in [0, 0.05) is 19.2 Å². The van der Waals surface area contributed by atoms with Crippen molar-refractivity contribution in [3.8, 4) is 17.2 Å². The maximum atomic E-state index is 12.3. The number of hydrogen-bond acceptors (Lipinski definition) is 4. The predicted octanol–water partition coefficient (Wildman–Crippen LogP) is 4.46. The maximum absolute atomic E-state index is 12.3. The van der Waals surface area contributed by atoms with Crippen LogP contribution in [0.25, 0.3) is 11.5 Å². The summed E-state index contributed by atoms with van der Waals surface area (Å²) in [5, 5.41) is 6.23. The van der Waals surface area contributed by atoms with Crippen molar-refractivity contribution in [3.05, 3.63) is 71.6 Å². The second-order valence-electron chi connectivity index (χ2n) is 6.84. The fraction of sp³-hybridized carbons (Fsp3) is 0.273. The van der Waals surface area contributed by atoms with Gasteiger partial charge in [-0.05, 0) is 36.8 Å². The first-order chi connectivity index (χ1) is 14.8. The molecule has 2 aromatic carbocycles. The normalized spacial score (nSPS) is 12.0. The number of hydrogen-bond donors (Lipinski definition) is 2. The highest BCUT2D eigenvalue weighted by Crippen LogP contribution is 2.20. The third-order valence-corrected chi connectivity index (χ3v) is 4.27. The van der Waals surface area contributed by atoms with E-state index in [0.29, 0.717) is 30.6 Å². The summed E-state index contributed by atoms with van der Waals surface area (Å²) in [6, 6.07) is 14.3. The number of ether oxygens (including phenoxy) is 1. The lowest BCUT2D eigenvalue weighted by atomic mass is 10.1. The average molecular weight is 432 g/mol. The molecule has 0 amide bonds. The Kier molecular flexibility index (Phi) is 7.17. The Morgan fingerprint density at radius 1 is 1.10 bits per heavy atom. The van der Waals surface area contributed by atoms with Gasteiger partial charge in [-0.25, -0.2) is 4.98 Å². The van der Waals surface area contributed by atoms with Gasteiger partial charge in [0.2, 0.25) is 5.89 Å². The summed E-state index contributed by atoms with van der Waals surface area (Å²) >= 11 is 0. The lowest BCUT2D eigenvalue weighted by molar-refractivity contribution is -0.153. The highest BCUT2D eigenvalue weighted by molar-refractivity contribution is 5.79. The molecule has 0 unspecified atom stereocenters. The van der Waals surface area contributed by atoms with Gasteiger partial charge in [-0.2, -0.15) is 13.2 Å². The number of alkyl halides is 3. The van der Waals surface area contributed by atoms with Crippen LogP contribution in [0.5, 0.6) is 5.75 Å². The molecule has 31 heavy (non-hydrogen) atoms. The summed E-state index contributed by atoms with van der Waals surface area (Å²) in [6.07, 6.45) is -2.79. The molecule has 3 aromatic rings. The molecular weight excluding hydrogens is 409 g/mol. The third kappa shape index (κ3) is 7.06. The molecule has 0 spiro atoms. The van der Waals surface area contributed by atoms with Crippen LogP contribution >= 0.6 is 0 Å². The molecule has 1 aromatic heterocycles. The smallest absolute Gasteiger partial charge is 0.422 e. The topological polar surface area (TPSA) is 71.7 Å². The van der Waals surface area contributed by atoms with Gasteiger partial charge in [0.15, 0.2) is 12.6 Å². The number of aromatic nitrogens is 1. The van der Waals surface area contributed by atoms with Crippen molar-refractivity contribution >= 4 is 5.96 Å². The van der Waals surface area contributed by atoms with Crippen molar-refractivity contribution in [2.24, 2.45) is 4.99 Å². The Balaban J connectivity index is 1.51. The molecule has 0 aliphatic carbocycles. The standard InChI is InChI=1S/C22H23F3N4O2/c1-15-6-8-17(9-7-15)20-29-18(13-30-20)12-28-21(26-2)27-11-16-4-3-5-19(10-16)31-14-22(23,24)25/h3-10,13H,11-12,14H2,1-2H3,(H2,26,27,28). The van der Waals surface area contributed by atoms with Crippen molar-refractivity contribution in [3.63, 3.8) is 0 Å². The number of nitrogens with zero attached hydrogens (tertiary/aromatic N) is 2. The van der Waals surface area contributed by atoms with E-state index in [2.05, 4.69) is 20.6 Å². The molecular formula is C22H23F3N4O2. The number of aliphatic imine (C=N–C) groups is 1. The van der Waals surface area contributed by atoms with E-state index in [4.69, 9.17) is 9.15 Å². The molecule has 0 aliphatic rings. The summed E-state index contributed by atoms with van der Waals surface area (Å²) < 4.78 is 47.2. The summed E-state index contributed by atoms with van der Waals surface area (Å²) in [4.78, 5) is 8.61. The molecule has 0 saturated carbocycles. The van der Waals surface area contributed by atoms with E-state index in [1.54, 1.807) is 31.5 Å². The summed E-state index contributed by atoms with van der Waals surface area (Å²) in [5.41, 5.74) is 3.52. The average Bonchev–Trinajstić information content (AvgIpc) is 3.22. The number of nitrogens with one attached hydrogen (secondary N) is 2. The van der Waals surface area contributed by atoms with Crippen LogP contribution < -0.4 is 15.4 Å². The fourth-order valence-electron chi connectivity index (χ4n) is 2.71. The van der Waals surface area contributed by atoms with Crippen LogP contribution in [0, 0.1) is 6.92 Å². The molecule has 0 atom stereocenters. The predicted molar refractivity (Wildman–Crippen MR) is 112 cm³/mol. The first kappa shape index (κ1) is 22.2. The van der Waals surface area contributed by atoms with E-state index in [-0.39, 0.29) is 5.75 Å². The Bertz CT molecular complexity index is 1010. The molecule has 0 bridgehead atoms. The van der Waals surface area contributed by atoms with Crippen LogP contribution in [0.2, 0.25) is 0 Å². The summed E-state index contributed by atoms with van der Waals surface area (Å²) in [6.45, 7) is 1.44. The van der Waals surface area contributed by atoms with Crippen LogP contribution in [0.3, 0.4) is 0 Å². The van der Waals surface area contributed by atoms with Gasteiger partial charge < -0.3 is 19.8 Å². The number of oxazole rings is 1. The van der Waals surface area contributed by atoms with Gasteiger partial charge in [0.05, 0.1) is 12.2 Å². The molecule has 0 saturated heterocycles. The lowest BCUT2D eigenvalue weighted by Gasteiger charge is -2.12. The summed E-state index contributed by atoms with van der Waals surface area (Å²) in [5.74, 6) is 1.21. The molecule has 1 heterocycles. The molecule has 0 radical (unpaired) electrons. The number of guanidine groups is 1. The Morgan fingerprint density at radius 2 is 1.84 bits per heavy atom. The van der Waals surface area contributed by atoms with E-state index in [1.807, 2.05) is 31.2 Å². The number of halogens is 3. The molecule has 2 N–H and O–H groups in total. The molecule has 9 heteroatoms. The fourth-order valence-corrected chi connectivity index (χ4v) is 2.71. The minimum absolute atomic E-state index is 0.158. The Morgan fingerprint density at radius 3 is 2.55 bits per heavy atom. The van der Waals surface area contributed by atoms with Gasteiger partial charge in [-0.1, -0.05) is 29.8 Å². The number of benzene rings is 2. The van der Waals surface area contributed by atoms with Gasteiger partial charge in [0.25, 0.3) is 0 Å². The molecule has 0 aliphatic heterocycles. The molecule has 164 valence electrons. The van der Waals surface area contributed by atoms with E-state index >= 15 is 0 Å². The Labute approximate surface area is 178 Å². The van der Waals surface area contributed by atoms with Crippen molar-refractivity contribution in [2.75, 3.05) is 13.7 Å². The highest BCUT2D eigenvalue weighted by Gasteiger charge is 2.28. The monoisotopic (exact) mass is 432 g/mol. The zero-order chi connectivity index (χ0) is 22.3.